The Labute approximate surface area is 195 Å². The second-order valence-electron chi connectivity index (χ2n) is 8.37. The molecule has 0 aromatic heterocycles. The highest BCUT2D eigenvalue weighted by molar-refractivity contribution is 7.88. The van der Waals surface area contributed by atoms with E-state index in [0.717, 1.165) is 5.56 Å². The van der Waals surface area contributed by atoms with Crippen LogP contribution in [0, 0.1) is 5.92 Å². The fourth-order valence-electron chi connectivity index (χ4n) is 3.78. The van der Waals surface area contributed by atoms with E-state index in [-0.39, 0.29) is 30.0 Å². The van der Waals surface area contributed by atoms with Crippen molar-refractivity contribution in [3.63, 3.8) is 0 Å². The van der Waals surface area contributed by atoms with E-state index in [1.165, 1.54) is 0 Å². The maximum atomic E-state index is 12.7. The molecule has 33 heavy (non-hydrogen) atoms. The van der Waals surface area contributed by atoms with Gasteiger partial charge in [-0.15, -0.1) is 0 Å². The molecule has 2 aromatic rings. The van der Waals surface area contributed by atoms with Crippen LogP contribution in [0.3, 0.4) is 0 Å². The lowest BCUT2D eigenvalue weighted by atomic mass is 10.1. The molecule has 0 saturated carbocycles. The van der Waals surface area contributed by atoms with Crippen molar-refractivity contribution < 1.29 is 22.7 Å². The molecule has 1 atom stereocenters. The summed E-state index contributed by atoms with van der Waals surface area (Å²) in [5.41, 5.74) is 2.20. The molecule has 178 valence electrons. The Kier molecular flexibility index (Phi) is 8.10. The van der Waals surface area contributed by atoms with Crippen molar-refractivity contribution in [2.45, 2.75) is 45.5 Å². The molecule has 1 heterocycles. The van der Waals surface area contributed by atoms with Gasteiger partial charge in [0, 0.05) is 25.6 Å². The topological polar surface area (TPSA) is 105 Å². The van der Waals surface area contributed by atoms with Gasteiger partial charge >= 0.3 is 0 Å². The molecule has 0 bridgehead atoms. The second-order valence-corrected chi connectivity index (χ2v) is 10.1. The van der Waals surface area contributed by atoms with Crippen LogP contribution in [-0.2, 0) is 31.9 Å². The van der Waals surface area contributed by atoms with Gasteiger partial charge in [0.1, 0.15) is 5.75 Å². The zero-order valence-electron chi connectivity index (χ0n) is 19.2. The Balaban J connectivity index is 1.56. The molecule has 0 aliphatic carbocycles. The Morgan fingerprint density at radius 3 is 2.45 bits per heavy atom. The van der Waals surface area contributed by atoms with Crippen molar-refractivity contribution in [1.29, 1.82) is 0 Å². The van der Waals surface area contributed by atoms with Crippen molar-refractivity contribution in [2.24, 2.45) is 5.92 Å². The zero-order chi connectivity index (χ0) is 24.0. The second kappa shape index (κ2) is 10.8. The fourth-order valence-corrected chi connectivity index (χ4v) is 5.21. The molecule has 1 aliphatic rings. The first-order valence-electron chi connectivity index (χ1n) is 11.1. The quantitative estimate of drug-likeness (QED) is 0.552. The number of anilines is 1. The van der Waals surface area contributed by atoms with E-state index in [1.807, 2.05) is 31.2 Å². The Morgan fingerprint density at radius 1 is 1.12 bits per heavy atom. The van der Waals surface area contributed by atoms with Crippen molar-refractivity contribution in [1.82, 2.24) is 10.0 Å². The summed E-state index contributed by atoms with van der Waals surface area (Å²) >= 11 is 0. The number of carbonyl (C=O) groups excluding carboxylic acids is 2. The van der Waals surface area contributed by atoms with Gasteiger partial charge in [-0.2, -0.15) is 0 Å². The third-order valence-corrected chi connectivity index (χ3v) is 6.76. The molecule has 1 fully saturated rings. The number of hydrogen-bond acceptors (Lipinski definition) is 5. The molecule has 0 spiro atoms. The largest absolute Gasteiger partial charge is 0.492 e. The van der Waals surface area contributed by atoms with Crippen LogP contribution < -0.4 is 19.7 Å². The van der Waals surface area contributed by atoms with Crippen LogP contribution >= 0.6 is 0 Å². The lowest BCUT2D eigenvalue weighted by Crippen LogP contribution is -2.32. The van der Waals surface area contributed by atoms with Crippen molar-refractivity contribution >= 4 is 27.5 Å². The normalized spacial score (nSPS) is 16.3. The molecule has 0 radical (unpaired) electrons. The van der Waals surface area contributed by atoms with E-state index < -0.39 is 15.9 Å². The highest BCUT2D eigenvalue weighted by atomic mass is 32.2. The van der Waals surface area contributed by atoms with Crippen LogP contribution in [0.5, 0.6) is 5.75 Å². The number of nitrogens with one attached hydrogen (secondary N) is 2. The first-order chi connectivity index (χ1) is 15.7. The minimum Gasteiger partial charge on any atom is -0.492 e. The summed E-state index contributed by atoms with van der Waals surface area (Å²) in [6.07, 6.45) is 0.145. The number of carbonyl (C=O) groups is 2. The summed E-state index contributed by atoms with van der Waals surface area (Å²) in [7, 11) is -3.39. The van der Waals surface area contributed by atoms with E-state index in [0.29, 0.717) is 36.7 Å². The molecule has 2 aromatic carbocycles. The summed E-state index contributed by atoms with van der Waals surface area (Å²) in [6, 6.07) is 14.2. The molecule has 1 unspecified atom stereocenters. The summed E-state index contributed by atoms with van der Waals surface area (Å²) in [5, 5.41) is 2.89. The average molecular weight is 474 g/mol. The lowest BCUT2D eigenvalue weighted by Gasteiger charge is -2.20. The fraction of sp³-hybridized carbons (Fsp3) is 0.417. The molecule has 1 saturated heterocycles. The van der Waals surface area contributed by atoms with Crippen LogP contribution in [0.1, 0.15) is 38.3 Å². The average Bonchev–Trinajstić information content (AvgIpc) is 3.14. The van der Waals surface area contributed by atoms with E-state index in [1.54, 1.807) is 43.0 Å². The number of hydrogen-bond donors (Lipinski definition) is 2. The predicted molar refractivity (Wildman–Crippen MR) is 127 cm³/mol. The summed E-state index contributed by atoms with van der Waals surface area (Å²) in [6.45, 7) is 6.52. The molecule has 9 heteroatoms. The van der Waals surface area contributed by atoms with Gasteiger partial charge < -0.3 is 15.0 Å². The lowest BCUT2D eigenvalue weighted by molar-refractivity contribution is -0.126. The SMILES string of the molecule is CCOc1ccccc1N1CC(C(=O)NCc2ccc(CS(=O)(=O)NC(C)C)cc2)CC1=O. The third-order valence-electron chi connectivity index (χ3n) is 5.21. The number of rotatable bonds is 10. The number of sulfonamides is 1. The maximum Gasteiger partial charge on any atom is 0.227 e. The monoisotopic (exact) mass is 473 g/mol. The number of para-hydroxylation sites is 2. The van der Waals surface area contributed by atoms with Gasteiger partial charge in [0.15, 0.2) is 0 Å². The molecule has 2 amide bonds. The number of amides is 2. The first-order valence-corrected chi connectivity index (χ1v) is 12.7. The van der Waals surface area contributed by atoms with Crippen molar-refractivity contribution in [2.75, 3.05) is 18.1 Å². The Morgan fingerprint density at radius 2 is 1.79 bits per heavy atom. The Bertz CT molecular complexity index is 1080. The van der Waals surface area contributed by atoms with Gasteiger partial charge in [-0.25, -0.2) is 13.1 Å². The highest BCUT2D eigenvalue weighted by Gasteiger charge is 2.36. The van der Waals surface area contributed by atoms with Crippen molar-refractivity contribution in [3.8, 4) is 5.75 Å². The van der Waals surface area contributed by atoms with E-state index in [4.69, 9.17) is 4.74 Å². The van der Waals surface area contributed by atoms with Gasteiger partial charge in [-0.1, -0.05) is 36.4 Å². The standard InChI is InChI=1S/C24H31N3O5S/c1-4-32-22-8-6-5-7-21(22)27-15-20(13-23(27)28)24(29)25-14-18-9-11-19(12-10-18)16-33(30,31)26-17(2)3/h5-12,17,20,26H,4,13-16H2,1-3H3,(H,25,29). The van der Waals surface area contributed by atoms with Crippen LogP contribution in [0.15, 0.2) is 48.5 Å². The van der Waals surface area contributed by atoms with Crippen LogP contribution in [0.2, 0.25) is 0 Å². The van der Waals surface area contributed by atoms with Gasteiger partial charge in [-0.3, -0.25) is 9.59 Å². The Hall–Kier alpha value is -2.91. The molecule has 3 rings (SSSR count). The zero-order valence-corrected chi connectivity index (χ0v) is 20.0. The molecule has 2 N–H and O–H groups in total. The molecular weight excluding hydrogens is 442 g/mol. The summed E-state index contributed by atoms with van der Waals surface area (Å²) in [4.78, 5) is 26.9. The van der Waals surface area contributed by atoms with Crippen LogP contribution in [-0.4, -0.2) is 39.4 Å². The van der Waals surface area contributed by atoms with E-state index in [2.05, 4.69) is 10.0 Å². The van der Waals surface area contributed by atoms with Crippen LogP contribution in [0.4, 0.5) is 5.69 Å². The van der Waals surface area contributed by atoms with E-state index >= 15 is 0 Å². The first kappa shape index (κ1) is 24.7. The molecule has 1 aliphatic heterocycles. The van der Waals surface area contributed by atoms with Gasteiger partial charge in [0.25, 0.3) is 0 Å². The minimum absolute atomic E-state index is 0.0962. The smallest absolute Gasteiger partial charge is 0.227 e. The van der Waals surface area contributed by atoms with Crippen molar-refractivity contribution in [3.05, 3.63) is 59.7 Å². The minimum atomic E-state index is -3.39. The van der Waals surface area contributed by atoms with E-state index in [9.17, 15) is 18.0 Å². The third kappa shape index (κ3) is 6.79. The van der Waals surface area contributed by atoms with Crippen LogP contribution in [0.25, 0.3) is 0 Å². The predicted octanol–water partition coefficient (Wildman–Crippen LogP) is 2.58. The maximum absolute atomic E-state index is 12.7. The summed E-state index contributed by atoms with van der Waals surface area (Å²) < 4.78 is 32.3. The van der Waals surface area contributed by atoms with Gasteiger partial charge in [-0.05, 0) is 44.0 Å². The molecular formula is C24H31N3O5S. The van der Waals surface area contributed by atoms with Gasteiger partial charge in [0.05, 0.1) is 24.0 Å². The van der Waals surface area contributed by atoms with Gasteiger partial charge in [0.2, 0.25) is 21.8 Å². The summed E-state index contributed by atoms with van der Waals surface area (Å²) in [5.74, 6) is -0.213. The highest BCUT2D eigenvalue weighted by Crippen LogP contribution is 2.33. The number of benzene rings is 2. The number of ether oxygens (including phenoxy) is 1. The number of nitrogens with zero attached hydrogens (tertiary/aromatic N) is 1. The molecule has 8 nitrogen and oxygen atoms in total.